The first-order valence-corrected chi connectivity index (χ1v) is 35.4. The number of likely N-dealkylation sites (tertiary alicyclic amines) is 2. The van der Waals surface area contributed by atoms with Gasteiger partial charge >= 0.3 is 12.4 Å². The number of hydrogen-bond donors (Lipinski definition) is 1. The van der Waals surface area contributed by atoms with Gasteiger partial charge in [-0.2, -0.15) is 33.3 Å². The lowest BCUT2D eigenvalue weighted by Crippen LogP contribution is -2.50. The summed E-state index contributed by atoms with van der Waals surface area (Å²) in [5.41, 5.74) is 0.237. The van der Waals surface area contributed by atoms with Crippen LogP contribution in [0.5, 0.6) is 0 Å². The van der Waals surface area contributed by atoms with Crippen molar-refractivity contribution >= 4 is 43.4 Å². The highest BCUT2D eigenvalue weighted by atomic mass is 79.9. The number of piperidine rings is 2. The number of alkyl halides is 6. The maximum absolute atomic E-state index is 12.7. The SMILES string of the molecule is C.C#CC#CC#CC#CC#CC#CC#CC#CC#CC#CC#CC#CC#CC#CC#CC#CC#CC#CC#CC#CC#CC#CC#CC#CC#CC#CC#CC#CC#CC#CC#CC#CC#CC#CC#C[CH2-].FC(F)(F)c1ccc(CN2CCC3(CC2)NCCO3)c(Br)c1.O=C1CCCCC1.O=C1CCN(Cc2ccc(C(F)(F)F)cc2Br)CC1. The summed E-state index contributed by atoms with van der Waals surface area (Å²) in [6.07, 6.45) is 4.43. The van der Waals surface area contributed by atoms with Gasteiger partial charge in [0.25, 0.3) is 0 Å². The lowest BCUT2D eigenvalue weighted by Gasteiger charge is -2.38. The first-order valence-electron chi connectivity index (χ1n) is 33.9. The van der Waals surface area contributed by atoms with Crippen LogP contribution >= 0.6 is 31.9 Å². The predicted molar refractivity (Wildman–Crippen MR) is 462 cm³/mol. The van der Waals surface area contributed by atoms with E-state index in [9.17, 15) is 35.9 Å². The molecule has 3 saturated heterocycles. The van der Waals surface area contributed by atoms with Gasteiger partial charge in [0.1, 0.15) is 17.3 Å². The molecule has 14 heteroatoms. The minimum absolute atomic E-state index is 0. The van der Waals surface area contributed by atoms with Crippen molar-refractivity contribution < 1.29 is 40.7 Å². The fraction of sp³-hybridized carbons (Fsp3) is 0.198. The molecular formula is C106H48Br2F6N3O3-. The summed E-state index contributed by atoms with van der Waals surface area (Å²) in [4.78, 5) is 25.9. The van der Waals surface area contributed by atoms with Crippen LogP contribution in [-0.4, -0.2) is 66.4 Å². The highest BCUT2D eigenvalue weighted by molar-refractivity contribution is 9.10. The van der Waals surface area contributed by atoms with E-state index in [-0.39, 0.29) is 18.9 Å². The number of terminal acetylenes is 1. The fourth-order valence-electron chi connectivity index (χ4n) is 8.17. The van der Waals surface area contributed by atoms with Crippen LogP contribution in [0.1, 0.15) is 87.5 Å². The van der Waals surface area contributed by atoms with Gasteiger partial charge in [0, 0.05) is 389 Å². The molecule has 4 fully saturated rings. The molecule has 0 atom stereocenters. The summed E-state index contributed by atoms with van der Waals surface area (Å²) in [6, 6.07) is 7.54. The van der Waals surface area contributed by atoms with Crippen molar-refractivity contribution in [3.63, 3.8) is 0 Å². The Hall–Kier alpha value is -17.4. The van der Waals surface area contributed by atoms with Crippen molar-refractivity contribution in [1.29, 1.82) is 0 Å². The summed E-state index contributed by atoms with van der Waals surface area (Å²) in [5.74, 6) is 172. The van der Waals surface area contributed by atoms with E-state index in [0.29, 0.717) is 53.7 Å². The van der Waals surface area contributed by atoms with Crippen LogP contribution in [0.3, 0.4) is 0 Å². The second-order valence-electron chi connectivity index (χ2n) is 21.3. The van der Waals surface area contributed by atoms with Gasteiger partial charge in [-0.1, -0.05) is 57.8 Å². The van der Waals surface area contributed by atoms with E-state index < -0.39 is 23.5 Å². The molecule has 3 heterocycles. The number of hydrogen-bond acceptors (Lipinski definition) is 6. The van der Waals surface area contributed by atoms with Crippen molar-refractivity contribution in [2.24, 2.45) is 0 Å². The van der Waals surface area contributed by atoms with Gasteiger partial charge in [0.15, 0.2) is 0 Å². The number of nitrogens with one attached hydrogen (secondary N) is 1. The quantitative estimate of drug-likeness (QED) is 0.187. The molecule has 562 valence electrons. The fourth-order valence-corrected chi connectivity index (χ4v) is 9.18. The van der Waals surface area contributed by atoms with E-state index >= 15 is 0 Å². The predicted octanol–water partition coefficient (Wildman–Crippen LogP) is 9.74. The van der Waals surface area contributed by atoms with E-state index in [4.69, 9.17) is 11.2 Å². The topological polar surface area (TPSA) is 61.9 Å². The molecule has 1 N–H and O–H groups in total. The molecule has 0 aromatic heterocycles. The van der Waals surface area contributed by atoms with Gasteiger partial charge in [-0.05, 0) is 143 Å². The summed E-state index contributed by atoms with van der Waals surface area (Å²) in [7, 11) is 0. The van der Waals surface area contributed by atoms with E-state index in [1.165, 1.54) is 12.5 Å². The molecule has 0 amide bonds. The van der Waals surface area contributed by atoms with Crippen LogP contribution in [0.15, 0.2) is 45.3 Å². The lowest BCUT2D eigenvalue weighted by atomic mass is 10.00. The highest BCUT2D eigenvalue weighted by Crippen LogP contribution is 2.35. The third-order valence-electron chi connectivity index (χ3n) is 13.3. The van der Waals surface area contributed by atoms with Gasteiger partial charge < -0.3 is 4.74 Å². The molecule has 6 rings (SSSR count). The zero-order chi connectivity index (χ0) is 85.7. The van der Waals surface area contributed by atoms with Crippen LogP contribution in [0.4, 0.5) is 26.3 Å². The van der Waals surface area contributed by atoms with Crippen LogP contribution in [0, 0.1) is 422 Å². The Labute approximate surface area is 719 Å². The van der Waals surface area contributed by atoms with Crippen LogP contribution in [-0.2, 0) is 39.8 Å². The molecule has 0 bridgehead atoms. The Morgan fingerprint density at radius 1 is 0.350 bits per heavy atom. The molecule has 2 aromatic carbocycles. The largest absolute Gasteiger partial charge is 0.416 e. The molecule has 1 spiro atoms. The van der Waals surface area contributed by atoms with Crippen molar-refractivity contribution in [1.82, 2.24) is 15.1 Å². The third-order valence-corrected chi connectivity index (χ3v) is 14.7. The first-order chi connectivity index (χ1) is 58.0. The van der Waals surface area contributed by atoms with Gasteiger partial charge in [-0.3, -0.25) is 30.6 Å². The lowest BCUT2D eigenvalue weighted by molar-refractivity contribution is -0.138. The van der Waals surface area contributed by atoms with Gasteiger partial charge in [-0.15, -0.1) is 12.3 Å². The molecule has 6 nitrogen and oxygen atoms in total. The van der Waals surface area contributed by atoms with E-state index in [0.717, 1.165) is 100 Å². The number of rotatable bonds is 4. The number of carbonyl (C=O) groups excluding carboxylic acids is 2. The van der Waals surface area contributed by atoms with E-state index in [2.05, 4.69) is 462 Å². The molecule has 4 aliphatic rings. The Balaban J connectivity index is 0.000000780. The number of halogens is 8. The third kappa shape index (κ3) is 54.3. The smallest absolute Gasteiger partial charge is 0.359 e. The molecule has 3 aliphatic heterocycles. The van der Waals surface area contributed by atoms with Gasteiger partial charge in [-0.25, -0.2) is 5.92 Å². The van der Waals surface area contributed by atoms with Gasteiger partial charge in [0.2, 0.25) is 0 Å². The van der Waals surface area contributed by atoms with Crippen LogP contribution in [0.25, 0.3) is 0 Å². The van der Waals surface area contributed by atoms with Crippen LogP contribution < -0.4 is 5.32 Å². The zero-order valence-corrected chi connectivity index (χ0v) is 65.6. The second-order valence-corrected chi connectivity index (χ2v) is 23.0. The first kappa shape index (κ1) is 98.7. The maximum Gasteiger partial charge on any atom is 0.416 e. The number of ketones is 2. The average molecular weight is 1690 g/mol. The molecule has 1 saturated carbocycles. The van der Waals surface area contributed by atoms with Crippen LogP contribution in [0.2, 0.25) is 0 Å². The minimum Gasteiger partial charge on any atom is -0.359 e. The van der Waals surface area contributed by atoms with E-state index in [1.54, 1.807) is 6.07 Å². The standard InChI is InChI=1S/C71H3.C15H18BrF3N2O.C13H13BrF3NO.C6H10O.CH4/c1-3-5-7-9-11-13-15-17-19-21-23-25-27-29-31-33-35-37-39-41-43-45-47-49-51-53-55-57-59-61-63-65-67-69-71-70-68-66-64-62-60-58-56-54-52-50-48-46-44-42-40-38-36-34-32-30-28-26-24-22-20-18-16-14-12-10-8-6-4-2;16-13-9-12(15(17,18)19)2-1-11(13)10-21-6-3-14(4-7-21)20-5-8-22-14;14-12-7-10(13(15,16)17)2-1-9(12)8-18-5-3-11(19)4-6-18;7-6-4-2-1-3-5-6;/h1H,2H2;1-2,9,20H,3-8,10H2;1-2,7H,3-6,8H2;1-5H2;1H4/q-1;;;;. The normalized spacial score (nSPS) is 10.6. The molecule has 0 unspecified atom stereocenters. The maximum atomic E-state index is 12.7. The van der Waals surface area contributed by atoms with Crippen molar-refractivity contribution in [2.45, 2.75) is 96.4 Å². The number of nitrogens with zero attached hydrogens (tertiary/aromatic N) is 2. The van der Waals surface area contributed by atoms with Crippen molar-refractivity contribution in [3.05, 3.63) is 74.5 Å². The number of Topliss-reactive ketones (excluding diaryl/α,β-unsaturated/α-hetero) is 2. The van der Waals surface area contributed by atoms with Gasteiger partial charge in [0.05, 0.1) is 17.7 Å². The average Bonchev–Trinajstić information content (AvgIpc) is 1.45. The molecule has 120 heavy (non-hydrogen) atoms. The van der Waals surface area contributed by atoms with Crippen molar-refractivity contribution in [3.8, 4) is 415 Å². The minimum atomic E-state index is -4.32. The second kappa shape index (κ2) is 66.3. The van der Waals surface area contributed by atoms with Crippen molar-refractivity contribution in [2.75, 3.05) is 39.3 Å². The molecule has 1 aliphatic carbocycles. The Bertz CT molecular complexity index is 6740. The Kier molecular flexibility index (Phi) is 54.5. The monoisotopic (exact) mass is 1680 g/mol. The molecule has 2 aromatic rings. The summed E-state index contributed by atoms with van der Waals surface area (Å²) >= 11 is 6.45. The number of ether oxygens (including phenoxy) is 1. The zero-order valence-electron chi connectivity index (χ0n) is 62.4. The number of benzene rings is 2. The Morgan fingerprint density at radius 3 is 0.767 bits per heavy atom. The van der Waals surface area contributed by atoms with E-state index in [1.807, 2.05) is 0 Å². The molecule has 0 radical (unpaired) electrons. The Morgan fingerprint density at radius 2 is 0.575 bits per heavy atom. The summed E-state index contributed by atoms with van der Waals surface area (Å²) < 4.78 is 82.4. The summed E-state index contributed by atoms with van der Waals surface area (Å²) in [6.45, 7) is 9.27. The highest BCUT2D eigenvalue weighted by Gasteiger charge is 2.38. The summed E-state index contributed by atoms with van der Waals surface area (Å²) in [5, 5.41) is 3.41. The molecular weight excluding hydrogens is 1640 g/mol. The number of carbonyl (C=O) groups is 2.